The van der Waals surface area contributed by atoms with E-state index in [1.54, 1.807) is 4.90 Å². The van der Waals surface area contributed by atoms with E-state index in [0.717, 1.165) is 5.69 Å². The summed E-state index contributed by atoms with van der Waals surface area (Å²) in [6, 6.07) is 12.6. The molecule has 25 heavy (non-hydrogen) atoms. The van der Waals surface area contributed by atoms with Gasteiger partial charge in [-0.25, -0.2) is 8.42 Å². The number of carbonyl (C=O) groups is 1. The Morgan fingerprint density at radius 3 is 2.60 bits per heavy atom. The van der Waals surface area contributed by atoms with Crippen LogP contribution >= 0.6 is 11.6 Å². The molecule has 2 aromatic carbocycles. The Hall–Kier alpha value is -2.09. The molecular weight excluding hydrogens is 364 g/mol. The molecule has 1 heterocycles. The van der Waals surface area contributed by atoms with Gasteiger partial charge >= 0.3 is 0 Å². The van der Waals surface area contributed by atoms with Crippen molar-refractivity contribution in [2.45, 2.75) is 17.4 Å². The lowest BCUT2D eigenvalue weighted by Crippen LogP contribution is -2.41. The Bertz CT molecular complexity index is 887. The molecule has 1 aliphatic heterocycles. The number of anilines is 1. The van der Waals surface area contributed by atoms with Gasteiger partial charge in [-0.15, -0.1) is 0 Å². The van der Waals surface area contributed by atoms with Crippen molar-refractivity contribution in [1.82, 2.24) is 4.72 Å². The number of rotatable bonds is 5. The molecule has 0 saturated carbocycles. The molecule has 1 saturated heterocycles. The minimum atomic E-state index is -3.95. The predicted octanol–water partition coefficient (Wildman–Crippen LogP) is 2.43. The molecule has 2 aromatic rings. The van der Waals surface area contributed by atoms with Crippen molar-refractivity contribution in [2.75, 3.05) is 18.6 Å². The van der Waals surface area contributed by atoms with Gasteiger partial charge in [-0.2, -0.15) is 4.72 Å². The number of sulfonamides is 1. The van der Waals surface area contributed by atoms with Gasteiger partial charge in [0.25, 0.3) is 0 Å². The highest BCUT2D eigenvalue weighted by Gasteiger charge is 2.36. The zero-order chi connectivity index (χ0) is 18.0. The van der Waals surface area contributed by atoms with E-state index in [1.807, 2.05) is 30.3 Å². The van der Waals surface area contributed by atoms with Crippen molar-refractivity contribution >= 4 is 33.2 Å². The molecule has 0 aliphatic carbocycles. The van der Waals surface area contributed by atoms with Gasteiger partial charge in [0.15, 0.2) is 0 Å². The summed E-state index contributed by atoms with van der Waals surface area (Å²) < 4.78 is 32.9. The van der Waals surface area contributed by atoms with Gasteiger partial charge in [0.2, 0.25) is 15.9 Å². The average Bonchev–Trinajstić information content (AvgIpc) is 2.96. The van der Waals surface area contributed by atoms with E-state index in [4.69, 9.17) is 16.3 Å². The highest BCUT2D eigenvalue weighted by Crippen LogP contribution is 2.28. The minimum absolute atomic E-state index is 0.0894. The van der Waals surface area contributed by atoms with Gasteiger partial charge in [0, 0.05) is 17.3 Å². The molecule has 0 unspecified atom stereocenters. The molecule has 1 N–H and O–H groups in total. The second-order valence-electron chi connectivity index (χ2n) is 5.58. The predicted molar refractivity (Wildman–Crippen MR) is 95.5 cm³/mol. The van der Waals surface area contributed by atoms with Crippen LogP contribution in [0.2, 0.25) is 5.02 Å². The van der Waals surface area contributed by atoms with Crippen molar-refractivity contribution in [3.63, 3.8) is 0 Å². The molecule has 6 nitrogen and oxygen atoms in total. The van der Waals surface area contributed by atoms with E-state index in [1.165, 1.54) is 25.3 Å². The third-order valence-corrected chi connectivity index (χ3v) is 5.71. The molecule has 0 spiro atoms. The molecule has 0 radical (unpaired) electrons. The highest BCUT2D eigenvalue weighted by molar-refractivity contribution is 7.89. The van der Waals surface area contributed by atoms with Crippen LogP contribution in [-0.4, -0.2) is 34.0 Å². The number of hydrogen-bond donors (Lipinski definition) is 1. The van der Waals surface area contributed by atoms with E-state index in [2.05, 4.69) is 4.72 Å². The summed E-state index contributed by atoms with van der Waals surface area (Å²) >= 11 is 5.91. The maximum absolute atomic E-state index is 12.7. The zero-order valence-electron chi connectivity index (χ0n) is 13.5. The van der Waals surface area contributed by atoms with Gasteiger partial charge in [0.05, 0.1) is 7.11 Å². The molecule has 1 atom stereocenters. The van der Waals surface area contributed by atoms with Gasteiger partial charge in [-0.1, -0.05) is 29.8 Å². The van der Waals surface area contributed by atoms with Crippen molar-refractivity contribution < 1.29 is 17.9 Å². The number of ether oxygens (including phenoxy) is 1. The number of amides is 1. The van der Waals surface area contributed by atoms with Crippen LogP contribution in [0, 0.1) is 0 Å². The van der Waals surface area contributed by atoms with E-state index in [0.29, 0.717) is 13.0 Å². The van der Waals surface area contributed by atoms with Crippen LogP contribution in [-0.2, 0) is 14.8 Å². The lowest BCUT2D eigenvalue weighted by Gasteiger charge is -2.17. The van der Waals surface area contributed by atoms with Gasteiger partial charge in [0.1, 0.15) is 16.7 Å². The number of para-hydroxylation sites is 1. The first-order valence-electron chi connectivity index (χ1n) is 7.64. The number of hydrogen-bond acceptors (Lipinski definition) is 4. The number of halogens is 1. The Balaban J connectivity index is 1.83. The quantitative estimate of drug-likeness (QED) is 0.864. The third-order valence-electron chi connectivity index (χ3n) is 3.99. The molecule has 132 valence electrons. The standard InChI is InChI=1S/C17H17ClN2O4S/c1-24-15-8-7-12(18)11-16(15)25(22,23)19-14-9-10-20(17(14)21)13-5-3-2-4-6-13/h2-8,11,14,19H,9-10H2,1H3/t14-/m1/s1. The fourth-order valence-corrected chi connectivity index (χ4v) is 4.42. The van der Waals surface area contributed by atoms with Gasteiger partial charge in [-0.05, 0) is 36.8 Å². The van der Waals surface area contributed by atoms with Gasteiger partial charge < -0.3 is 9.64 Å². The largest absolute Gasteiger partial charge is 0.495 e. The summed E-state index contributed by atoms with van der Waals surface area (Å²) in [4.78, 5) is 14.1. The monoisotopic (exact) mass is 380 g/mol. The van der Waals surface area contributed by atoms with E-state index < -0.39 is 16.1 Å². The van der Waals surface area contributed by atoms with Crippen molar-refractivity contribution in [2.24, 2.45) is 0 Å². The summed E-state index contributed by atoms with van der Waals surface area (Å²) in [6.07, 6.45) is 0.385. The fourth-order valence-electron chi connectivity index (χ4n) is 2.76. The van der Waals surface area contributed by atoms with Crippen molar-refractivity contribution in [3.05, 3.63) is 53.6 Å². The first kappa shape index (κ1) is 17.7. The molecule has 0 aromatic heterocycles. The van der Waals surface area contributed by atoms with Crippen LogP contribution in [0.3, 0.4) is 0 Å². The Kier molecular flexibility index (Phi) is 4.99. The summed E-state index contributed by atoms with van der Waals surface area (Å²) in [5.41, 5.74) is 0.745. The Labute approximate surface area is 151 Å². The van der Waals surface area contributed by atoms with Crippen LogP contribution < -0.4 is 14.4 Å². The number of carbonyl (C=O) groups excluding carboxylic acids is 1. The van der Waals surface area contributed by atoms with Crippen LogP contribution in [0.1, 0.15) is 6.42 Å². The normalized spacial score (nSPS) is 17.8. The third kappa shape index (κ3) is 3.63. The second kappa shape index (κ2) is 7.03. The molecular formula is C17H17ClN2O4S. The highest BCUT2D eigenvalue weighted by atomic mass is 35.5. The topological polar surface area (TPSA) is 75.7 Å². The second-order valence-corrected chi connectivity index (χ2v) is 7.70. The summed E-state index contributed by atoms with van der Waals surface area (Å²) in [5.74, 6) is -0.113. The summed E-state index contributed by atoms with van der Waals surface area (Å²) in [7, 11) is -2.58. The van der Waals surface area contributed by atoms with Crippen LogP contribution in [0.4, 0.5) is 5.69 Å². The lowest BCUT2D eigenvalue weighted by atomic mass is 10.3. The lowest BCUT2D eigenvalue weighted by molar-refractivity contribution is -0.118. The summed E-state index contributed by atoms with van der Waals surface area (Å²) in [6.45, 7) is 0.447. The smallest absolute Gasteiger partial charge is 0.245 e. The first-order valence-corrected chi connectivity index (χ1v) is 9.51. The molecule has 1 fully saturated rings. The van der Waals surface area contributed by atoms with Crippen LogP contribution in [0.5, 0.6) is 5.75 Å². The Morgan fingerprint density at radius 2 is 1.92 bits per heavy atom. The van der Waals surface area contributed by atoms with E-state index >= 15 is 0 Å². The fraction of sp³-hybridized carbons (Fsp3) is 0.235. The minimum Gasteiger partial charge on any atom is -0.495 e. The number of benzene rings is 2. The van der Waals surface area contributed by atoms with Crippen molar-refractivity contribution in [1.29, 1.82) is 0 Å². The average molecular weight is 381 g/mol. The molecule has 8 heteroatoms. The Morgan fingerprint density at radius 1 is 1.20 bits per heavy atom. The first-order chi connectivity index (χ1) is 11.9. The van der Waals surface area contributed by atoms with Gasteiger partial charge in [-0.3, -0.25) is 4.79 Å². The molecule has 1 aliphatic rings. The van der Waals surface area contributed by atoms with Crippen molar-refractivity contribution in [3.8, 4) is 5.75 Å². The van der Waals surface area contributed by atoms with E-state index in [9.17, 15) is 13.2 Å². The number of nitrogens with one attached hydrogen (secondary N) is 1. The number of nitrogens with zero attached hydrogens (tertiary/aromatic N) is 1. The zero-order valence-corrected chi connectivity index (χ0v) is 15.0. The molecule has 3 rings (SSSR count). The molecule has 0 bridgehead atoms. The maximum atomic E-state index is 12.7. The SMILES string of the molecule is COc1ccc(Cl)cc1S(=O)(=O)N[C@@H]1CCN(c2ccccc2)C1=O. The summed E-state index contributed by atoms with van der Waals surface area (Å²) in [5, 5.41) is 0.268. The number of methoxy groups -OCH3 is 1. The van der Waals surface area contributed by atoms with E-state index in [-0.39, 0.29) is 21.6 Å². The maximum Gasteiger partial charge on any atom is 0.245 e. The van der Waals surface area contributed by atoms with Crippen LogP contribution in [0.25, 0.3) is 0 Å². The van der Waals surface area contributed by atoms with Crippen LogP contribution in [0.15, 0.2) is 53.4 Å². The molecule has 1 amide bonds.